The molecule has 3 aromatic carbocycles. The highest BCUT2D eigenvalue weighted by atomic mass is 35.5. The van der Waals surface area contributed by atoms with Crippen molar-refractivity contribution in [2.45, 2.75) is 19.0 Å². The zero-order valence-electron chi connectivity index (χ0n) is 19.1. The Hall–Kier alpha value is -3.88. The number of benzene rings is 3. The fourth-order valence-corrected chi connectivity index (χ4v) is 4.49. The van der Waals surface area contributed by atoms with Gasteiger partial charge in [0, 0.05) is 16.0 Å². The number of nitrogens with two attached hydrogens (primary N) is 1. The van der Waals surface area contributed by atoms with Crippen molar-refractivity contribution < 1.29 is 4.79 Å². The first kappa shape index (κ1) is 23.8. The van der Waals surface area contributed by atoms with Crippen molar-refractivity contribution in [1.29, 1.82) is 0 Å². The third-order valence-corrected chi connectivity index (χ3v) is 6.45. The lowest BCUT2D eigenvalue weighted by Crippen LogP contribution is -2.32. The van der Waals surface area contributed by atoms with Crippen LogP contribution in [-0.2, 0) is 17.9 Å². The summed E-state index contributed by atoms with van der Waals surface area (Å²) in [6, 6.07) is 24.6. The van der Waals surface area contributed by atoms with E-state index in [1.54, 1.807) is 17.1 Å². The van der Waals surface area contributed by atoms with Gasteiger partial charge >= 0.3 is 5.69 Å². The van der Waals surface area contributed by atoms with E-state index in [0.29, 0.717) is 16.6 Å². The molecule has 0 saturated heterocycles. The molecule has 5 rings (SSSR count). The van der Waals surface area contributed by atoms with Gasteiger partial charge in [0.1, 0.15) is 6.54 Å². The number of anilines is 1. The molecule has 36 heavy (non-hydrogen) atoms. The van der Waals surface area contributed by atoms with E-state index in [9.17, 15) is 9.59 Å². The van der Waals surface area contributed by atoms with Gasteiger partial charge in [0.15, 0.2) is 0 Å². The van der Waals surface area contributed by atoms with Crippen molar-refractivity contribution >= 4 is 40.8 Å². The lowest BCUT2D eigenvalue weighted by molar-refractivity contribution is -0.118. The van der Waals surface area contributed by atoms with Crippen molar-refractivity contribution in [2.75, 3.05) is 11.6 Å². The number of amides is 1. The summed E-state index contributed by atoms with van der Waals surface area (Å²) in [5, 5.41) is 12.3. The van der Waals surface area contributed by atoms with Crippen molar-refractivity contribution in [1.82, 2.24) is 14.3 Å². The van der Waals surface area contributed by atoms with Gasteiger partial charge in [-0.05, 0) is 41.0 Å². The predicted octanol–water partition coefficient (Wildman–Crippen LogP) is 3.89. The Balaban J connectivity index is 1.57. The second-order valence-corrected chi connectivity index (χ2v) is 9.33. The molecule has 4 aromatic rings. The van der Waals surface area contributed by atoms with Crippen LogP contribution in [0.3, 0.4) is 0 Å². The van der Waals surface area contributed by atoms with Gasteiger partial charge in [-0.2, -0.15) is 5.10 Å². The van der Waals surface area contributed by atoms with E-state index in [1.165, 1.54) is 9.25 Å². The van der Waals surface area contributed by atoms with E-state index in [1.807, 2.05) is 66.7 Å². The van der Waals surface area contributed by atoms with Crippen molar-refractivity contribution in [2.24, 2.45) is 10.8 Å². The highest BCUT2D eigenvalue weighted by molar-refractivity contribution is 6.31. The minimum atomic E-state index is -0.648. The van der Waals surface area contributed by atoms with Gasteiger partial charge in [-0.3, -0.25) is 9.36 Å². The Kier molecular flexibility index (Phi) is 6.63. The normalized spacial score (nSPS) is 15.2. The number of hydrazone groups is 1. The van der Waals surface area contributed by atoms with Crippen LogP contribution in [0.4, 0.5) is 5.95 Å². The van der Waals surface area contributed by atoms with Gasteiger partial charge in [-0.1, -0.05) is 77.8 Å². The molecule has 1 aliphatic rings. The number of hydrogen-bond donors (Lipinski definition) is 1. The number of nitrogens with zero attached hydrogens (tertiary/aromatic N) is 5. The van der Waals surface area contributed by atoms with Gasteiger partial charge in [0.2, 0.25) is 11.9 Å². The number of aromatic nitrogens is 3. The van der Waals surface area contributed by atoms with E-state index < -0.39 is 11.6 Å². The maximum Gasteiger partial charge on any atom is 0.348 e. The number of carbonyl (C=O) groups is 1. The van der Waals surface area contributed by atoms with E-state index in [2.05, 4.69) is 5.10 Å². The lowest BCUT2D eigenvalue weighted by Gasteiger charge is -2.16. The SMILES string of the molecule is NC(=O)Cn1c(N2C[C@@H](c3ccccc3)C(c3ccc(Cl)cc3)=N2)nn(Cc2ccc(Cl)cc2)c1=O. The van der Waals surface area contributed by atoms with E-state index in [0.717, 1.165) is 22.4 Å². The van der Waals surface area contributed by atoms with Gasteiger partial charge in [-0.25, -0.2) is 14.5 Å². The molecule has 2 heterocycles. The molecular weight excluding hydrogens is 499 g/mol. The zero-order chi connectivity index (χ0) is 25.2. The van der Waals surface area contributed by atoms with Crippen LogP contribution in [0, 0.1) is 0 Å². The molecule has 0 bridgehead atoms. The van der Waals surface area contributed by atoms with Crippen LogP contribution >= 0.6 is 23.2 Å². The van der Waals surface area contributed by atoms with Gasteiger partial charge in [-0.15, -0.1) is 5.10 Å². The summed E-state index contributed by atoms with van der Waals surface area (Å²) >= 11 is 12.1. The zero-order valence-corrected chi connectivity index (χ0v) is 20.6. The molecule has 0 saturated carbocycles. The summed E-state index contributed by atoms with van der Waals surface area (Å²) in [6.45, 7) is 0.323. The predicted molar refractivity (Wildman–Crippen MR) is 141 cm³/mol. The van der Waals surface area contributed by atoms with Crippen molar-refractivity contribution in [3.63, 3.8) is 0 Å². The topological polar surface area (TPSA) is 98.5 Å². The highest BCUT2D eigenvalue weighted by Gasteiger charge is 2.33. The molecule has 0 unspecified atom stereocenters. The molecule has 0 radical (unpaired) electrons. The molecule has 182 valence electrons. The van der Waals surface area contributed by atoms with Crippen LogP contribution in [0.15, 0.2) is 88.8 Å². The largest absolute Gasteiger partial charge is 0.368 e. The van der Waals surface area contributed by atoms with Crippen LogP contribution < -0.4 is 16.4 Å². The molecule has 0 spiro atoms. The fraction of sp³-hybridized carbons (Fsp3) is 0.154. The van der Waals surface area contributed by atoms with E-state index in [-0.39, 0.29) is 25.0 Å². The van der Waals surface area contributed by atoms with Gasteiger partial charge in [0.25, 0.3) is 0 Å². The third-order valence-electron chi connectivity index (χ3n) is 5.95. The molecule has 0 fully saturated rings. The minimum Gasteiger partial charge on any atom is -0.368 e. The second kappa shape index (κ2) is 10.0. The molecule has 1 atom stereocenters. The molecular formula is C26H22Cl2N6O2. The molecule has 2 N–H and O–H groups in total. The molecule has 1 aromatic heterocycles. The molecule has 10 heteroatoms. The van der Waals surface area contributed by atoms with Crippen molar-refractivity contribution in [3.05, 3.63) is 116 Å². The second-order valence-electron chi connectivity index (χ2n) is 8.46. The number of halogens is 2. The number of rotatable bonds is 7. The lowest BCUT2D eigenvalue weighted by atomic mass is 9.91. The first-order chi connectivity index (χ1) is 17.4. The summed E-state index contributed by atoms with van der Waals surface area (Å²) < 4.78 is 2.56. The van der Waals surface area contributed by atoms with Gasteiger partial charge in [0.05, 0.1) is 18.8 Å². The Morgan fingerprint density at radius 1 is 0.944 bits per heavy atom. The highest BCUT2D eigenvalue weighted by Crippen LogP contribution is 2.31. The summed E-state index contributed by atoms with van der Waals surface area (Å²) in [4.78, 5) is 25.1. The Bertz CT molecular complexity index is 1480. The quantitative estimate of drug-likeness (QED) is 0.399. The van der Waals surface area contributed by atoms with Crippen LogP contribution in [-0.4, -0.2) is 32.5 Å². The molecule has 8 nitrogen and oxygen atoms in total. The first-order valence-electron chi connectivity index (χ1n) is 11.3. The Morgan fingerprint density at radius 3 is 2.22 bits per heavy atom. The van der Waals surface area contributed by atoms with E-state index >= 15 is 0 Å². The summed E-state index contributed by atoms with van der Waals surface area (Å²) in [7, 11) is 0. The van der Waals surface area contributed by atoms with Gasteiger partial charge < -0.3 is 5.73 Å². The standard InChI is InChI=1S/C26H22Cl2N6O2/c27-20-10-6-17(7-11-20)14-34-26(36)32(16-23(29)35)25(31-34)33-15-22(18-4-2-1-3-5-18)24(30-33)19-8-12-21(28)13-9-19/h1-13,22H,14-16H2,(H2,29,35)/t22-/m0/s1. The average molecular weight is 521 g/mol. The molecule has 0 aliphatic carbocycles. The van der Waals surface area contributed by atoms with E-state index in [4.69, 9.17) is 34.0 Å². The third kappa shape index (κ3) is 4.91. The number of hydrogen-bond acceptors (Lipinski definition) is 5. The van der Waals surface area contributed by atoms with Crippen LogP contribution in [0.1, 0.15) is 22.6 Å². The number of primary amides is 1. The Morgan fingerprint density at radius 2 is 1.58 bits per heavy atom. The summed E-state index contributed by atoms with van der Waals surface area (Å²) in [5.74, 6) is -0.492. The minimum absolute atomic E-state index is 0.0917. The number of carbonyl (C=O) groups excluding carboxylic acids is 1. The molecule has 1 amide bonds. The maximum absolute atomic E-state index is 13.2. The smallest absolute Gasteiger partial charge is 0.348 e. The fourth-order valence-electron chi connectivity index (χ4n) is 4.24. The van der Waals surface area contributed by atoms with Crippen LogP contribution in [0.5, 0.6) is 0 Å². The Labute approximate surface area is 217 Å². The maximum atomic E-state index is 13.2. The van der Waals surface area contributed by atoms with Crippen LogP contribution in [0.25, 0.3) is 0 Å². The average Bonchev–Trinajstić information content (AvgIpc) is 3.44. The summed E-state index contributed by atoms with van der Waals surface area (Å²) in [5.41, 5.74) is 8.64. The summed E-state index contributed by atoms with van der Waals surface area (Å²) in [6.07, 6.45) is 0. The van der Waals surface area contributed by atoms with Crippen molar-refractivity contribution in [3.8, 4) is 0 Å². The first-order valence-corrected chi connectivity index (χ1v) is 12.0. The van der Waals surface area contributed by atoms with Crippen LogP contribution in [0.2, 0.25) is 10.0 Å². The molecule has 1 aliphatic heterocycles. The monoisotopic (exact) mass is 520 g/mol.